The van der Waals surface area contributed by atoms with Crippen molar-refractivity contribution in [2.45, 2.75) is 96.9 Å². The molecule has 4 unspecified atom stereocenters. The smallest absolute Gasteiger partial charge is 0.127 e. The summed E-state index contributed by atoms with van der Waals surface area (Å²) < 4.78 is 0. The fourth-order valence-electron chi connectivity index (χ4n) is 7.60. The molecule has 8 bridgehead atoms. The largest absolute Gasteiger partial charge is 0.508 e. The van der Waals surface area contributed by atoms with Crippen molar-refractivity contribution in [2.24, 2.45) is 0 Å². The number of phenols is 8. The van der Waals surface area contributed by atoms with Crippen molar-refractivity contribution >= 4 is 11.8 Å². The van der Waals surface area contributed by atoms with Gasteiger partial charge in [0, 0.05) is 122 Å². The summed E-state index contributed by atoms with van der Waals surface area (Å²) in [7, 11) is 0. The summed E-state index contributed by atoms with van der Waals surface area (Å²) in [4.78, 5) is 2.38. The van der Waals surface area contributed by atoms with E-state index < -0.39 is 23.7 Å². The number of aromatic hydroxyl groups is 8. The minimum Gasteiger partial charge on any atom is -0.508 e. The second-order valence-corrected chi connectivity index (χ2v) is 15.6. The molecule has 0 radical (unpaired) electrons. The van der Waals surface area contributed by atoms with E-state index in [9.17, 15) is 40.9 Å². The molecule has 274 valence electrons. The number of thioether (sulfide) groups is 1. The molecule has 0 aliphatic heterocycles. The van der Waals surface area contributed by atoms with E-state index in [1.807, 2.05) is 13.8 Å². The molecule has 0 fully saturated rings. The lowest BCUT2D eigenvalue weighted by Gasteiger charge is -2.30. The molecule has 0 heterocycles. The van der Waals surface area contributed by atoms with Crippen LogP contribution < -0.4 is 0 Å². The van der Waals surface area contributed by atoms with Crippen LogP contribution in [0.1, 0.15) is 129 Å². The van der Waals surface area contributed by atoms with E-state index in [1.165, 1.54) is 18.2 Å². The van der Waals surface area contributed by atoms with E-state index in [4.69, 9.17) is 0 Å². The van der Waals surface area contributed by atoms with E-state index in [1.54, 1.807) is 49.9 Å². The first-order valence-corrected chi connectivity index (χ1v) is 18.7. The van der Waals surface area contributed by atoms with Crippen LogP contribution >= 0.6 is 11.8 Å². The molecule has 5 rings (SSSR count). The van der Waals surface area contributed by atoms with Gasteiger partial charge in [0.25, 0.3) is 0 Å². The van der Waals surface area contributed by atoms with Crippen LogP contribution in [-0.2, 0) is 5.75 Å². The minimum absolute atomic E-state index is 0.110. The highest BCUT2D eigenvalue weighted by molar-refractivity contribution is 7.98. The summed E-state index contributed by atoms with van der Waals surface area (Å²) in [6.07, 6.45) is 0. The lowest BCUT2D eigenvalue weighted by atomic mass is 9.80. The zero-order valence-electron chi connectivity index (χ0n) is 30.6. The van der Waals surface area contributed by atoms with Gasteiger partial charge in [-0.15, -0.1) is 0 Å². The third-order valence-electron chi connectivity index (χ3n) is 10.8. The number of nitrogens with zero attached hydrogens (tertiary/aromatic N) is 1. The molecule has 10 heteroatoms. The molecular weight excluding hydrogens is 667 g/mol. The van der Waals surface area contributed by atoms with Gasteiger partial charge in [0.15, 0.2) is 0 Å². The normalized spacial score (nSPS) is 18.9. The maximum Gasteiger partial charge on any atom is 0.127 e. The molecule has 0 amide bonds. The monoisotopic (exact) mass is 717 g/mol. The Morgan fingerprint density at radius 2 is 0.745 bits per heavy atom. The predicted molar refractivity (Wildman–Crippen MR) is 202 cm³/mol. The van der Waals surface area contributed by atoms with Gasteiger partial charge in [-0.2, -0.15) is 11.8 Å². The van der Waals surface area contributed by atoms with E-state index in [0.717, 1.165) is 12.3 Å². The molecule has 0 aromatic heterocycles. The quantitative estimate of drug-likeness (QED) is 0.0868. The summed E-state index contributed by atoms with van der Waals surface area (Å²) in [6.45, 7) is 16.6. The highest BCUT2D eigenvalue weighted by Crippen LogP contribution is 2.51. The Morgan fingerprint density at radius 3 is 1.04 bits per heavy atom. The Morgan fingerprint density at radius 1 is 0.471 bits per heavy atom. The first-order chi connectivity index (χ1) is 23.9. The zero-order valence-corrected chi connectivity index (χ0v) is 31.4. The Kier molecular flexibility index (Phi) is 10.9. The molecule has 4 aromatic carbocycles. The fourth-order valence-corrected chi connectivity index (χ4v) is 8.57. The molecule has 51 heavy (non-hydrogen) atoms. The Labute approximate surface area is 304 Å². The lowest BCUT2D eigenvalue weighted by molar-refractivity contribution is 0.187. The molecule has 1 aliphatic carbocycles. The van der Waals surface area contributed by atoms with Crippen LogP contribution in [0, 0.1) is 0 Å². The number of rotatable bonds is 7. The van der Waals surface area contributed by atoms with Crippen LogP contribution in [-0.4, -0.2) is 70.1 Å². The highest BCUT2D eigenvalue weighted by Gasteiger charge is 2.31. The van der Waals surface area contributed by atoms with Gasteiger partial charge in [0.2, 0.25) is 0 Å². The predicted octanol–water partition coefficient (Wildman–Crippen LogP) is 8.60. The molecule has 8 N–H and O–H groups in total. The molecule has 0 spiro atoms. The van der Waals surface area contributed by atoms with Gasteiger partial charge in [-0.05, 0) is 52.0 Å². The molecule has 9 nitrogen and oxygen atoms in total. The fraction of sp³-hybridized carbons (Fsp3) is 0.415. The van der Waals surface area contributed by atoms with Crippen molar-refractivity contribution < 1.29 is 40.9 Å². The topological polar surface area (TPSA) is 165 Å². The highest BCUT2D eigenvalue weighted by atomic mass is 32.2. The van der Waals surface area contributed by atoms with Gasteiger partial charge in [-0.3, -0.25) is 4.90 Å². The average Bonchev–Trinajstić information content (AvgIpc) is 3.04. The number of benzene rings is 4. The third-order valence-corrected chi connectivity index (χ3v) is 11.7. The average molecular weight is 718 g/mol. The number of fused-ring (bicyclic) bond motifs is 8. The van der Waals surface area contributed by atoms with Gasteiger partial charge in [-0.1, -0.05) is 27.7 Å². The van der Waals surface area contributed by atoms with Gasteiger partial charge in [0.1, 0.15) is 46.0 Å². The summed E-state index contributed by atoms with van der Waals surface area (Å²) >= 11 is 1.58. The number of phenolic OH excluding ortho intramolecular Hbond substituents is 8. The maximum atomic E-state index is 11.9. The van der Waals surface area contributed by atoms with Crippen molar-refractivity contribution in [3.8, 4) is 46.0 Å². The van der Waals surface area contributed by atoms with E-state index in [0.29, 0.717) is 67.9 Å². The minimum atomic E-state index is -0.634. The van der Waals surface area contributed by atoms with Crippen molar-refractivity contribution in [1.82, 2.24) is 4.90 Å². The summed E-state index contributed by atoms with van der Waals surface area (Å²) in [5.74, 6) is -2.85. The molecule has 4 atom stereocenters. The summed E-state index contributed by atoms with van der Waals surface area (Å²) in [5, 5.41) is 90.3. The van der Waals surface area contributed by atoms with Crippen molar-refractivity contribution in [2.75, 3.05) is 12.3 Å². The Balaban J connectivity index is 1.75. The standard InChI is InChI=1S/C41H51NO8S/c1-19(2)42(20(3)4)9-10-51-18-33-40(49)31-14-32(41(33)50)24(8)30-13-28(37(46)17-39(30)48)22(6)26-11-25(34(43)15-35(26)44)21(5)27-12-29(23(31)7)38(47)16-36(27)45/h11-17,19-24,43-50H,9-10,18H2,1-8H3. The van der Waals surface area contributed by atoms with Crippen LogP contribution in [0.5, 0.6) is 46.0 Å². The Hall–Kier alpha value is -4.41. The van der Waals surface area contributed by atoms with Crippen LogP contribution in [0.3, 0.4) is 0 Å². The van der Waals surface area contributed by atoms with Gasteiger partial charge in [-0.25, -0.2) is 0 Å². The molecule has 0 saturated carbocycles. The molecule has 1 aliphatic rings. The van der Waals surface area contributed by atoms with Crippen molar-refractivity contribution in [3.63, 3.8) is 0 Å². The van der Waals surface area contributed by atoms with E-state index in [-0.39, 0.29) is 46.0 Å². The second kappa shape index (κ2) is 14.7. The Bertz CT molecular complexity index is 1820. The summed E-state index contributed by atoms with van der Waals surface area (Å²) in [6, 6.07) is 11.0. The van der Waals surface area contributed by atoms with Crippen molar-refractivity contribution in [3.05, 3.63) is 92.5 Å². The van der Waals surface area contributed by atoms with Gasteiger partial charge >= 0.3 is 0 Å². The molecule has 4 aromatic rings. The SMILES string of the molecule is CC1c2cc(c(O)cc2O)C(C)c2cc(c(O)cc2O)C(C)c2cc(c(O)c(CSCCN(C(C)C)C(C)C)c2O)C(C)c2cc1c(O)cc2O. The van der Waals surface area contributed by atoms with E-state index in [2.05, 4.69) is 32.6 Å². The molecule has 0 saturated heterocycles. The van der Waals surface area contributed by atoms with Crippen molar-refractivity contribution in [1.29, 1.82) is 0 Å². The van der Waals surface area contributed by atoms with Gasteiger partial charge < -0.3 is 40.9 Å². The van der Waals surface area contributed by atoms with Crippen LogP contribution in [0.2, 0.25) is 0 Å². The lowest BCUT2D eigenvalue weighted by Crippen LogP contribution is -2.38. The second-order valence-electron chi connectivity index (χ2n) is 14.5. The zero-order chi connectivity index (χ0) is 37.6. The van der Waals surface area contributed by atoms with Crippen LogP contribution in [0.4, 0.5) is 0 Å². The number of hydrogen-bond donors (Lipinski definition) is 8. The summed E-state index contributed by atoms with van der Waals surface area (Å²) in [5.41, 5.74) is 3.62. The molecular formula is C41H51NO8S. The van der Waals surface area contributed by atoms with Crippen LogP contribution in [0.25, 0.3) is 0 Å². The van der Waals surface area contributed by atoms with Gasteiger partial charge in [0.05, 0.1) is 0 Å². The maximum absolute atomic E-state index is 11.9. The van der Waals surface area contributed by atoms with Crippen LogP contribution in [0.15, 0.2) is 42.5 Å². The van der Waals surface area contributed by atoms with E-state index >= 15 is 0 Å². The first kappa shape index (κ1) is 37.8. The first-order valence-electron chi connectivity index (χ1n) is 17.5. The third kappa shape index (κ3) is 7.08. The number of hydrogen-bond acceptors (Lipinski definition) is 10.